The number of carbonyl (C=O) groups is 1. The van der Waals surface area contributed by atoms with E-state index in [0.717, 1.165) is 68.9 Å². The molecule has 1 aromatic carbocycles. The molecular weight excluding hydrogens is 372 g/mol. The van der Waals surface area contributed by atoms with Crippen LogP contribution in [-0.4, -0.2) is 24.5 Å². The van der Waals surface area contributed by atoms with Crippen molar-refractivity contribution in [3.8, 4) is 5.75 Å². The largest absolute Gasteiger partial charge is 0.494 e. The first-order valence-electron chi connectivity index (χ1n) is 12.3. The van der Waals surface area contributed by atoms with Crippen LogP contribution in [-0.2, 0) is 11.2 Å². The number of carbonyl (C=O) groups excluding carboxylic acids is 1. The molecule has 0 amide bonds. The minimum absolute atomic E-state index is 0.222. The van der Waals surface area contributed by atoms with Gasteiger partial charge in [-0.2, -0.15) is 0 Å². The summed E-state index contributed by atoms with van der Waals surface area (Å²) in [4.78, 5) is 13.0. The standard InChI is InChI=1S/C26H44N2O2/c1-4-6-18-27-28-26(22(3)29,17-16-23-12-9-8-10-13-23)21-24-14-11-15-25(20-24)30-19-7-5-2/h11,14-15,20,23,27-28H,4-10,12-13,16-19,21H2,1-3H3. The number of unbranched alkanes of at least 4 members (excludes halogenated alkanes) is 2. The van der Waals surface area contributed by atoms with E-state index in [1.54, 1.807) is 6.92 Å². The Bertz CT molecular complexity index is 613. The van der Waals surface area contributed by atoms with Crippen molar-refractivity contribution in [3.63, 3.8) is 0 Å². The number of benzene rings is 1. The molecule has 4 nitrogen and oxygen atoms in total. The lowest BCUT2D eigenvalue weighted by molar-refractivity contribution is -0.124. The van der Waals surface area contributed by atoms with Gasteiger partial charge >= 0.3 is 0 Å². The fourth-order valence-corrected chi connectivity index (χ4v) is 4.43. The predicted octanol–water partition coefficient (Wildman–Crippen LogP) is 5.99. The highest BCUT2D eigenvalue weighted by Gasteiger charge is 2.36. The van der Waals surface area contributed by atoms with Gasteiger partial charge in [0.1, 0.15) is 5.75 Å². The van der Waals surface area contributed by atoms with Crippen molar-refractivity contribution in [1.82, 2.24) is 10.9 Å². The van der Waals surface area contributed by atoms with Crippen LogP contribution in [0.5, 0.6) is 5.75 Å². The Morgan fingerprint density at radius 2 is 1.90 bits per heavy atom. The van der Waals surface area contributed by atoms with E-state index in [2.05, 4.69) is 36.8 Å². The molecule has 1 aliphatic carbocycles. The molecule has 0 spiro atoms. The molecule has 0 bridgehead atoms. The molecule has 0 aromatic heterocycles. The average molecular weight is 417 g/mol. The summed E-state index contributed by atoms with van der Waals surface area (Å²) in [6.07, 6.45) is 13.8. The van der Waals surface area contributed by atoms with Crippen LogP contribution in [0, 0.1) is 5.92 Å². The van der Waals surface area contributed by atoms with Crippen LogP contribution in [0.2, 0.25) is 0 Å². The third-order valence-electron chi connectivity index (χ3n) is 6.53. The second kappa shape index (κ2) is 13.8. The quantitative estimate of drug-likeness (QED) is 0.272. The fourth-order valence-electron chi connectivity index (χ4n) is 4.43. The number of hydrogen-bond acceptors (Lipinski definition) is 4. The van der Waals surface area contributed by atoms with Gasteiger partial charge in [0.05, 0.1) is 12.1 Å². The second-order valence-corrected chi connectivity index (χ2v) is 9.11. The molecule has 170 valence electrons. The van der Waals surface area contributed by atoms with Gasteiger partial charge in [0.2, 0.25) is 0 Å². The topological polar surface area (TPSA) is 50.4 Å². The molecule has 4 heteroatoms. The lowest BCUT2D eigenvalue weighted by Crippen LogP contribution is -2.58. The van der Waals surface area contributed by atoms with Gasteiger partial charge in [-0.3, -0.25) is 10.2 Å². The van der Waals surface area contributed by atoms with Crippen LogP contribution < -0.4 is 15.6 Å². The van der Waals surface area contributed by atoms with E-state index in [1.807, 2.05) is 12.1 Å². The molecule has 1 atom stereocenters. The molecule has 2 rings (SSSR count). The molecule has 1 unspecified atom stereocenters. The minimum atomic E-state index is -0.562. The molecule has 0 radical (unpaired) electrons. The van der Waals surface area contributed by atoms with E-state index in [9.17, 15) is 4.79 Å². The highest BCUT2D eigenvalue weighted by atomic mass is 16.5. The van der Waals surface area contributed by atoms with Gasteiger partial charge in [-0.1, -0.05) is 70.9 Å². The third kappa shape index (κ3) is 8.39. The fraction of sp³-hybridized carbons (Fsp3) is 0.731. The highest BCUT2D eigenvalue weighted by molar-refractivity contribution is 5.86. The number of nitrogens with one attached hydrogen (secondary N) is 2. The Hall–Kier alpha value is -1.39. The number of hydrazine groups is 1. The van der Waals surface area contributed by atoms with Crippen molar-refractivity contribution in [2.45, 2.75) is 103 Å². The molecule has 30 heavy (non-hydrogen) atoms. The summed E-state index contributed by atoms with van der Waals surface area (Å²) in [6, 6.07) is 8.30. The van der Waals surface area contributed by atoms with E-state index >= 15 is 0 Å². The van der Waals surface area contributed by atoms with Crippen LogP contribution in [0.1, 0.15) is 97.0 Å². The van der Waals surface area contributed by atoms with Crippen LogP contribution in [0.3, 0.4) is 0 Å². The number of rotatable bonds is 15. The summed E-state index contributed by atoms with van der Waals surface area (Å²) in [7, 11) is 0. The van der Waals surface area contributed by atoms with Crippen LogP contribution in [0.15, 0.2) is 24.3 Å². The molecule has 1 saturated carbocycles. The second-order valence-electron chi connectivity index (χ2n) is 9.11. The first kappa shape index (κ1) is 24.9. The molecule has 1 aliphatic rings. The number of ether oxygens (including phenoxy) is 1. The van der Waals surface area contributed by atoms with Gasteiger partial charge in [0.15, 0.2) is 5.78 Å². The van der Waals surface area contributed by atoms with Crippen molar-refractivity contribution in [2.24, 2.45) is 5.92 Å². The molecule has 0 saturated heterocycles. The van der Waals surface area contributed by atoms with E-state index in [-0.39, 0.29) is 5.78 Å². The molecule has 0 heterocycles. The number of ketones is 1. The molecule has 0 aliphatic heterocycles. The minimum Gasteiger partial charge on any atom is -0.494 e. The monoisotopic (exact) mass is 416 g/mol. The smallest absolute Gasteiger partial charge is 0.151 e. The van der Waals surface area contributed by atoms with Crippen molar-refractivity contribution in [1.29, 1.82) is 0 Å². The van der Waals surface area contributed by atoms with E-state index < -0.39 is 5.54 Å². The summed E-state index contributed by atoms with van der Waals surface area (Å²) < 4.78 is 5.91. The Morgan fingerprint density at radius 1 is 1.13 bits per heavy atom. The number of Topliss-reactive ketones (excluding diaryl/α,β-unsaturated/α-hetero) is 1. The zero-order valence-corrected chi connectivity index (χ0v) is 19.6. The SMILES string of the molecule is CCCCNNC(CCC1CCCCC1)(Cc1cccc(OCCCC)c1)C(C)=O. The summed E-state index contributed by atoms with van der Waals surface area (Å²) in [6.45, 7) is 7.74. The first-order chi connectivity index (χ1) is 14.6. The molecule has 2 N–H and O–H groups in total. The third-order valence-corrected chi connectivity index (χ3v) is 6.53. The Labute approximate surface area is 184 Å². The molecule has 1 aromatic rings. The maximum Gasteiger partial charge on any atom is 0.151 e. The van der Waals surface area contributed by atoms with E-state index in [4.69, 9.17) is 4.74 Å². The van der Waals surface area contributed by atoms with E-state index in [0.29, 0.717) is 6.42 Å². The van der Waals surface area contributed by atoms with E-state index in [1.165, 1.54) is 32.1 Å². The van der Waals surface area contributed by atoms with Crippen LogP contribution >= 0.6 is 0 Å². The summed E-state index contributed by atoms with van der Waals surface area (Å²) in [5, 5.41) is 0. The van der Waals surface area contributed by atoms with Gasteiger partial charge in [0.25, 0.3) is 0 Å². The lowest BCUT2D eigenvalue weighted by Gasteiger charge is -2.35. The molecular formula is C26H44N2O2. The van der Waals surface area contributed by atoms with Crippen molar-refractivity contribution in [3.05, 3.63) is 29.8 Å². The zero-order chi connectivity index (χ0) is 21.7. The van der Waals surface area contributed by atoms with Gasteiger partial charge in [-0.05, 0) is 62.6 Å². The molecule has 1 fully saturated rings. The maximum absolute atomic E-state index is 13.0. The first-order valence-corrected chi connectivity index (χ1v) is 12.3. The maximum atomic E-state index is 13.0. The van der Waals surface area contributed by atoms with Crippen molar-refractivity contribution >= 4 is 5.78 Å². The average Bonchev–Trinajstić information content (AvgIpc) is 2.76. The Balaban J connectivity index is 2.11. The van der Waals surface area contributed by atoms with Crippen molar-refractivity contribution in [2.75, 3.05) is 13.2 Å². The van der Waals surface area contributed by atoms with Gasteiger partial charge in [0, 0.05) is 6.54 Å². The normalized spacial score (nSPS) is 16.9. The van der Waals surface area contributed by atoms with Gasteiger partial charge < -0.3 is 4.74 Å². The van der Waals surface area contributed by atoms with Gasteiger partial charge in [-0.25, -0.2) is 5.43 Å². The van der Waals surface area contributed by atoms with Crippen LogP contribution in [0.4, 0.5) is 0 Å². The summed E-state index contributed by atoms with van der Waals surface area (Å²) in [5.41, 5.74) is 7.46. The predicted molar refractivity (Wildman–Crippen MR) is 126 cm³/mol. The van der Waals surface area contributed by atoms with Crippen LogP contribution in [0.25, 0.3) is 0 Å². The van der Waals surface area contributed by atoms with Gasteiger partial charge in [-0.15, -0.1) is 0 Å². The Kier molecular flexibility index (Phi) is 11.5. The lowest BCUT2D eigenvalue weighted by atomic mass is 9.78. The highest BCUT2D eigenvalue weighted by Crippen LogP contribution is 2.31. The van der Waals surface area contributed by atoms with Crippen molar-refractivity contribution < 1.29 is 9.53 Å². The summed E-state index contributed by atoms with van der Waals surface area (Å²) in [5.74, 6) is 1.89. The number of hydrogen-bond donors (Lipinski definition) is 2. The summed E-state index contributed by atoms with van der Waals surface area (Å²) >= 11 is 0. The zero-order valence-electron chi connectivity index (χ0n) is 19.6. The Morgan fingerprint density at radius 3 is 2.60 bits per heavy atom.